The minimum Gasteiger partial charge on any atom is -0.379 e. The highest BCUT2D eigenvalue weighted by Gasteiger charge is 2.15. The number of rotatable bonds is 7. The number of carbonyl (C=O) groups excluding carboxylic acids is 1. The Bertz CT molecular complexity index is 404. The van der Waals surface area contributed by atoms with Gasteiger partial charge in [0, 0.05) is 42.6 Å². The van der Waals surface area contributed by atoms with Crippen LogP contribution in [0.2, 0.25) is 0 Å². The number of nitrogens with zero attached hydrogens (tertiary/aromatic N) is 1. The predicted molar refractivity (Wildman–Crippen MR) is 84.5 cm³/mol. The first kappa shape index (κ1) is 15.5. The minimum absolute atomic E-state index is 0.0899. The van der Waals surface area contributed by atoms with Gasteiger partial charge in [-0.2, -0.15) is 11.8 Å². The molecule has 1 unspecified atom stereocenters. The third kappa shape index (κ3) is 4.93. The molecule has 0 bridgehead atoms. The number of carbonyl (C=O) groups is 1. The van der Waals surface area contributed by atoms with Gasteiger partial charge in [-0.1, -0.05) is 37.3 Å². The van der Waals surface area contributed by atoms with Crippen LogP contribution in [0.1, 0.15) is 17.3 Å². The molecule has 1 aliphatic rings. The fourth-order valence-electron chi connectivity index (χ4n) is 2.24. The molecule has 0 aliphatic carbocycles. The molecule has 1 heterocycles. The molecule has 20 heavy (non-hydrogen) atoms. The van der Waals surface area contributed by atoms with Crippen LogP contribution in [0.25, 0.3) is 0 Å². The van der Waals surface area contributed by atoms with E-state index in [0.29, 0.717) is 0 Å². The maximum Gasteiger partial charge on any atom is 0.166 e. The van der Waals surface area contributed by atoms with Crippen LogP contribution in [0.5, 0.6) is 0 Å². The third-order valence-electron chi connectivity index (χ3n) is 3.53. The molecule has 1 saturated heterocycles. The zero-order valence-electron chi connectivity index (χ0n) is 12.1. The summed E-state index contributed by atoms with van der Waals surface area (Å²) in [6.07, 6.45) is 0. The number of hydrogen-bond donors (Lipinski definition) is 0. The van der Waals surface area contributed by atoms with Crippen molar-refractivity contribution in [2.24, 2.45) is 5.92 Å². The molecule has 3 nitrogen and oxygen atoms in total. The molecule has 110 valence electrons. The lowest BCUT2D eigenvalue weighted by Gasteiger charge is -2.26. The van der Waals surface area contributed by atoms with E-state index < -0.39 is 0 Å². The Morgan fingerprint density at radius 2 is 2.00 bits per heavy atom. The van der Waals surface area contributed by atoms with Crippen molar-refractivity contribution in [2.45, 2.75) is 6.92 Å². The van der Waals surface area contributed by atoms with Gasteiger partial charge in [-0.05, 0) is 0 Å². The largest absolute Gasteiger partial charge is 0.379 e. The van der Waals surface area contributed by atoms with Crippen molar-refractivity contribution in [2.75, 3.05) is 44.4 Å². The first-order valence-electron chi connectivity index (χ1n) is 7.24. The molecule has 0 amide bonds. The maximum atomic E-state index is 12.2. The Labute approximate surface area is 125 Å². The number of ether oxygens (including phenoxy) is 1. The standard InChI is InChI=1S/C16H23NO2S/c1-14(16(18)15-5-3-2-4-6-15)13-20-12-9-17-7-10-19-11-8-17/h2-6,14H,7-13H2,1H3. The second-order valence-electron chi connectivity index (χ2n) is 5.16. The summed E-state index contributed by atoms with van der Waals surface area (Å²) in [4.78, 5) is 14.6. The van der Waals surface area contributed by atoms with Gasteiger partial charge in [0.25, 0.3) is 0 Å². The SMILES string of the molecule is CC(CSCCN1CCOCC1)C(=O)c1ccccc1. The first-order chi connectivity index (χ1) is 9.77. The average Bonchev–Trinajstić information content (AvgIpc) is 2.52. The fourth-order valence-corrected chi connectivity index (χ4v) is 3.30. The maximum absolute atomic E-state index is 12.2. The first-order valence-corrected chi connectivity index (χ1v) is 8.40. The van der Waals surface area contributed by atoms with Gasteiger partial charge in [0.05, 0.1) is 13.2 Å². The van der Waals surface area contributed by atoms with Crippen molar-refractivity contribution >= 4 is 17.5 Å². The molecule has 0 spiro atoms. The summed E-state index contributed by atoms with van der Waals surface area (Å²) >= 11 is 1.87. The van der Waals surface area contributed by atoms with Crippen molar-refractivity contribution in [1.82, 2.24) is 4.90 Å². The van der Waals surface area contributed by atoms with Gasteiger partial charge in [0.15, 0.2) is 5.78 Å². The number of thioether (sulfide) groups is 1. The Morgan fingerprint density at radius 1 is 1.30 bits per heavy atom. The topological polar surface area (TPSA) is 29.5 Å². The summed E-state index contributed by atoms with van der Waals surface area (Å²) in [6, 6.07) is 9.59. The van der Waals surface area contributed by atoms with E-state index in [-0.39, 0.29) is 11.7 Å². The fraction of sp³-hybridized carbons (Fsp3) is 0.562. The monoisotopic (exact) mass is 293 g/mol. The van der Waals surface area contributed by atoms with Crippen molar-refractivity contribution in [1.29, 1.82) is 0 Å². The smallest absolute Gasteiger partial charge is 0.166 e. The van der Waals surface area contributed by atoms with E-state index in [0.717, 1.165) is 49.9 Å². The molecule has 0 aromatic heterocycles. The lowest BCUT2D eigenvalue weighted by atomic mass is 10.0. The summed E-state index contributed by atoms with van der Waals surface area (Å²) < 4.78 is 5.33. The van der Waals surface area contributed by atoms with Gasteiger partial charge in [0.2, 0.25) is 0 Å². The molecule has 1 aromatic rings. The predicted octanol–water partition coefficient (Wildman–Crippen LogP) is 2.57. The van der Waals surface area contributed by atoms with Crippen LogP contribution in [0, 0.1) is 5.92 Å². The van der Waals surface area contributed by atoms with Crippen LogP contribution in [0.15, 0.2) is 30.3 Å². The molecule has 0 saturated carbocycles. The number of benzene rings is 1. The summed E-state index contributed by atoms with van der Waals surface area (Å²) in [6.45, 7) is 6.91. The highest BCUT2D eigenvalue weighted by atomic mass is 32.2. The summed E-state index contributed by atoms with van der Waals surface area (Å²) in [7, 11) is 0. The normalized spacial score (nSPS) is 17.9. The second-order valence-corrected chi connectivity index (χ2v) is 6.31. The lowest BCUT2D eigenvalue weighted by molar-refractivity contribution is 0.0410. The van der Waals surface area contributed by atoms with Crippen LogP contribution >= 0.6 is 11.8 Å². The summed E-state index contributed by atoms with van der Waals surface area (Å²) in [5.74, 6) is 2.33. The summed E-state index contributed by atoms with van der Waals surface area (Å²) in [5, 5.41) is 0. The Hall–Kier alpha value is -0.840. The molecular weight excluding hydrogens is 270 g/mol. The van der Waals surface area contributed by atoms with Crippen molar-refractivity contribution in [3.05, 3.63) is 35.9 Å². The van der Waals surface area contributed by atoms with Crippen LogP contribution < -0.4 is 0 Å². The van der Waals surface area contributed by atoms with Gasteiger partial charge in [-0.25, -0.2) is 0 Å². The average molecular weight is 293 g/mol. The molecular formula is C16H23NO2S. The number of ketones is 1. The van der Waals surface area contributed by atoms with E-state index in [1.165, 1.54) is 0 Å². The minimum atomic E-state index is 0.0899. The molecule has 2 rings (SSSR count). The molecule has 1 atom stereocenters. The van der Waals surface area contributed by atoms with E-state index in [9.17, 15) is 4.79 Å². The van der Waals surface area contributed by atoms with Crippen LogP contribution in [0.3, 0.4) is 0 Å². The van der Waals surface area contributed by atoms with Crippen LogP contribution in [-0.2, 0) is 4.74 Å². The van der Waals surface area contributed by atoms with E-state index in [4.69, 9.17) is 4.74 Å². The van der Waals surface area contributed by atoms with Crippen molar-refractivity contribution in [3.8, 4) is 0 Å². The Kier molecular flexibility index (Phi) is 6.57. The van der Waals surface area contributed by atoms with E-state index >= 15 is 0 Å². The molecule has 0 radical (unpaired) electrons. The molecule has 1 fully saturated rings. The number of morpholine rings is 1. The van der Waals surface area contributed by atoms with Gasteiger partial charge in [-0.3, -0.25) is 9.69 Å². The zero-order chi connectivity index (χ0) is 14.2. The van der Waals surface area contributed by atoms with Gasteiger partial charge >= 0.3 is 0 Å². The molecule has 1 aromatic carbocycles. The quantitative estimate of drug-likeness (QED) is 0.571. The highest BCUT2D eigenvalue weighted by Crippen LogP contribution is 2.14. The highest BCUT2D eigenvalue weighted by molar-refractivity contribution is 7.99. The van der Waals surface area contributed by atoms with Crippen LogP contribution in [0.4, 0.5) is 0 Å². The zero-order valence-corrected chi connectivity index (χ0v) is 12.9. The van der Waals surface area contributed by atoms with Crippen molar-refractivity contribution < 1.29 is 9.53 Å². The van der Waals surface area contributed by atoms with E-state index in [1.807, 2.05) is 49.0 Å². The van der Waals surface area contributed by atoms with Gasteiger partial charge in [-0.15, -0.1) is 0 Å². The number of Topliss-reactive ketones (excluding diaryl/α,β-unsaturated/α-hetero) is 1. The molecule has 1 aliphatic heterocycles. The van der Waals surface area contributed by atoms with E-state index in [1.54, 1.807) is 0 Å². The van der Waals surface area contributed by atoms with Crippen LogP contribution in [-0.4, -0.2) is 55.0 Å². The van der Waals surface area contributed by atoms with Gasteiger partial charge < -0.3 is 4.74 Å². The van der Waals surface area contributed by atoms with E-state index in [2.05, 4.69) is 4.90 Å². The third-order valence-corrected chi connectivity index (χ3v) is 4.74. The second kappa shape index (κ2) is 8.45. The Balaban J connectivity index is 1.64. The summed E-state index contributed by atoms with van der Waals surface area (Å²) in [5.41, 5.74) is 0.828. The van der Waals surface area contributed by atoms with Crippen molar-refractivity contribution in [3.63, 3.8) is 0 Å². The Morgan fingerprint density at radius 3 is 2.70 bits per heavy atom. The molecule has 4 heteroatoms. The lowest BCUT2D eigenvalue weighted by Crippen LogP contribution is -2.37. The number of hydrogen-bond acceptors (Lipinski definition) is 4. The van der Waals surface area contributed by atoms with Gasteiger partial charge in [0.1, 0.15) is 0 Å². The molecule has 0 N–H and O–H groups in total.